The molecule has 0 aliphatic heterocycles. The molecule has 92 valence electrons. The van der Waals surface area contributed by atoms with Crippen molar-refractivity contribution in [3.63, 3.8) is 0 Å². The Hall–Kier alpha value is -1.52. The van der Waals surface area contributed by atoms with Crippen molar-refractivity contribution in [2.24, 2.45) is 5.73 Å². The summed E-state index contributed by atoms with van der Waals surface area (Å²) >= 11 is 0. The Labute approximate surface area is 101 Å². The van der Waals surface area contributed by atoms with Crippen LogP contribution in [0.15, 0.2) is 45.6 Å². The minimum absolute atomic E-state index is 0.701. The highest BCUT2D eigenvalue weighted by Crippen LogP contribution is 2.11. The van der Waals surface area contributed by atoms with E-state index in [-0.39, 0.29) is 0 Å². The lowest BCUT2D eigenvalue weighted by molar-refractivity contribution is 0.216. The van der Waals surface area contributed by atoms with E-state index in [4.69, 9.17) is 14.6 Å². The predicted molar refractivity (Wildman–Crippen MR) is 65.2 cm³/mol. The monoisotopic (exact) mass is 234 g/mol. The topological polar surface area (TPSA) is 55.5 Å². The molecule has 0 radical (unpaired) electrons. The van der Waals surface area contributed by atoms with Gasteiger partial charge in [0.1, 0.15) is 11.5 Å². The molecule has 0 unspecified atom stereocenters. The molecule has 0 fully saturated rings. The van der Waals surface area contributed by atoms with E-state index >= 15 is 0 Å². The van der Waals surface area contributed by atoms with Gasteiger partial charge in [-0.25, -0.2) is 0 Å². The SMILES string of the molecule is NCCCN(Cc1ccco1)Cc1ccco1. The highest BCUT2D eigenvalue weighted by atomic mass is 16.3. The molecule has 0 atom stereocenters. The molecule has 4 heteroatoms. The standard InChI is InChI=1S/C13H18N2O2/c14-6-3-7-15(10-12-4-1-8-16-12)11-13-5-2-9-17-13/h1-2,4-5,8-9H,3,6-7,10-11,14H2. The third-order valence-corrected chi connectivity index (χ3v) is 2.60. The van der Waals surface area contributed by atoms with E-state index in [0.29, 0.717) is 6.54 Å². The molecule has 2 rings (SSSR count). The molecule has 0 bridgehead atoms. The molecule has 2 N–H and O–H groups in total. The third-order valence-electron chi connectivity index (χ3n) is 2.60. The van der Waals surface area contributed by atoms with Gasteiger partial charge in [-0.2, -0.15) is 0 Å². The van der Waals surface area contributed by atoms with Gasteiger partial charge in [-0.1, -0.05) is 0 Å². The van der Waals surface area contributed by atoms with Crippen molar-refractivity contribution in [1.82, 2.24) is 4.90 Å². The zero-order chi connectivity index (χ0) is 11.9. The second kappa shape index (κ2) is 6.27. The molecule has 17 heavy (non-hydrogen) atoms. The first-order valence-electron chi connectivity index (χ1n) is 5.85. The maximum absolute atomic E-state index is 5.55. The van der Waals surface area contributed by atoms with Crippen molar-refractivity contribution in [1.29, 1.82) is 0 Å². The fraction of sp³-hybridized carbons (Fsp3) is 0.385. The Bertz CT molecular complexity index is 359. The summed E-state index contributed by atoms with van der Waals surface area (Å²) in [4.78, 5) is 2.27. The molecule has 0 aliphatic rings. The molecule has 2 aromatic heterocycles. The molecule has 2 heterocycles. The highest BCUT2D eigenvalue weighted by Gasteiger charge is 2.09. The zero-order valence-corrected chi connectivity index (χ0v) is 9.84. The maximum Gasteiger partial charge on any atom is 0.117 e. The number of hydrogen-bond donors (Lipinski definition) is 1. The van der Waals surface area contributed by atoms with E-state index in [0.717, 1.165) is 37.6 Å². The number of rotatable bonds is 7. The normalized spacial score (nSPS) is 11.2. The first kappa shape index (κ1) is 12.0. The minimum Gasteiger partial charge on any atom is -0.468 e. The van der Waals surface area contributed by atoms with E-state index in [1.165, 1.54) is 0 Å². The van der Waals surface area contributed by atoms with Crippen LogP contribution in [0, 0.1) is 0 Å². The van der Waals surface area contributed by atoms with E-state index < -0.39 is 0 Å². The Morgan fingerprint density at radius 1 is 1.00 bits per heavy atom. The van der Waals surface area contributed by atoms with Crippen LogP contribution in [0.3, 0.4) is 0 Å². The Morgan fingerprint density at radius 2 is 1.59 bits per heavy atom. The van der Waals surface area contributed by atoms with Crippen LogP contribution in [-0.2, 0) is 13.1 Å². The van der Waals surface area contributed by atoms with E-state index in [2.05, 4.69) is 4.90 Å². The van der Waals surface area contributed by atoms with Crippen LogP contribution in [0.1, 0.15) is 17.9 Å². The van der Waals surface area contributed by atoms with Gasteiger partial charge >= 0.3 is 0 Å². The fourth-order valence-corrected chi connectivity index (χ4v) is 1.77. The van der Waals surface area contributed by atoms with E-state index in [9.17, 15) is 0 Å². The van der Waals surface area contributed by atoms with Gasteiger partial charge in [-0.05, 0) is 37.2 Å². The summed E-state index contributed by atoms with van der Waals surface area (Å²) in [6.45, 7) is 3.21. The van der Waals surface area contributed by atoms with Gasteiger partial charge in [0, 0.05) is 6.54 Å². The van der Waals surface area contributed by atoms with Gasteiger partial charge in [0.05, 0.1) is 25.6 Å². The van der Waals surface area contributed by atoms with Gasteiger partial charge in [0.15, 0.2) is 0 Å². The summed E-state index contributed by atoms with van der Waals surface area (Å²) in [7, 11) is 0. The van der Waals surface area contributed by atoms with Gasteiger partial charge in [-0.3, -0.25) is 4.90 Å². The van der Waals surface area contributed by atoms with Crippen LogP contribution in [0.4, 0.5) is 0 Å². The molecule has 0 saturated heterocycles. The summed E-state index contributed by atoms with van der Waals surface area (Å²) in [5, 5.41) is 0. The molecular formula is C13H18N2O2. The average Bonchev–Trinajstić information content (AvgIpc) is 2.99. The summed E-state index contributed by atoms with van der Waals surface area (Å²) in [5.41, 5.74) is 5.55. The average molecular weight is 234 g/mol. The largest absolute Gasteiger partial charge is 0.468 e. The van der Waals surface area contributed by atoms with Crippen molar-refractivity contribution >= 4 is 0 Å². The quantitative estimate of drug-likeness (QED) is 0.798. The second-order valence-corrected chi connectivity index (χ2v) is 4.01. The molecular weight excluding hydrogens is 216 g/mol. The zero-order valence-electron chi connectivity index (χ0n) is 9.84. The second-order valence-electron chi connectivity index (χ2n) is 4.01. The Kier molecular flexibility index (Phi) is 4.41. The summed E-state index contributed by atoms with van der Waals surface area (Å²) in [5.74, 6) is 1.93. The van der Waals surface area contributed by atoms with E-state index in [1.54, 1.807) is 12.5 Å². The molecule has 2 aromatic rings. The molecule has 0 aromatic carbocycles. The Balaban J connectivity index is 1.92. The molecule has 0 aliphatic carbocycles. The highest BCUT2D eigenvalue weighted by molar-refractivity contribution is 5.01. The summed E-state index contributed by atoms with van der Waals surface area (Å²) < 4.78 is 10.7. The Morgan fingerprint density at radius 3 is 2.00 bits per heavy atom. The number of furan rings is 2. The van der Waals surface area contributed by atoms with Crippen LogP contribution in [0.5, 0.6) is 0 Å². The predicted octanol–water partition coefficient (Wildman–Crippen LogP) is 2.22. The number of hydrogen-bond acceptors (Lipinski definition) is 4. The van der Waals surface area contributed by atoms with Crippen molar-refractivity contribution in [3.05, 3.63) is 48.3 Å². The van der Waals surface area contributed by atoms with Crippen LogP contribution in [0.2, 0.25) is 0 Å². The van der Waals surface area contributed by atoms with Crippen LogP contribution in [0.25, 0.3) is 0 Å². The molecule has 4 nitrogen and oxygen atoms in total. The minimum atomic E-state index is 0.701. The molecule has 0 saturated carbocycles. The first-order chi connectivity index (χ1) is 8.38. The lowest BCUT2D eigenvalue weighted by atomic mass is 10.3. The fourth-order valence-electron chi connectivity index (χ4n) is 1.77. The smallest absolute Gasteiger partial charge is 0.117 e. The molecule has 0 amide bonds. The van der Waals surface area contributed by atoms with Crippen LogP contribution < -0.4 is 5.73 Å². The summed E-state index contributed by atoms with van der Waals surface area (Å²) in [6.07, 6.45) is 4.37. The van der Waals surface area contributed by atoms with Crippen molar-refractivity contribution < 1.29 is 8.83 Å². The van der Waals surface area contributed by atoms with Gasteiger partial charge in [-0.15, -0.1) is 0 Å². The first-order valence-corrected chi connectivity index (χ1v) is 5.85. The van der Waals surface area contributed by atoms with Gasteiger partial charge in [0.25, 0.3) is 0 Å². The summed E-state index contributed by atoms with van der Waals surface area (Å²) in [6, 6.07) is 7.78. The molecule has 0 spiro atoms. The number of nitrogens with zero attached hydrogens (tertiary/aromatic N) is 1. The maximum atomic E-state index is 5.55. The van der Waals surface area contributed by atoms with Crippen LogP contribution >= 0.6 is 0 Å². The van der Waals surface area contributed by atoms with Crippen molar-refractivity contribution in [2.75, 3.05) is 13.1 Å². The van der Waals surface area contributed by atoms with Crippen LogP contribution in [-0.4, -0.2) is 18.0 Å². The van der Waals surface area contributed by atoms with Crippen molar-refractivity contribution in [3.8, 4) is 0 Å². The van der Waals surface area contributed by atoms with E-state index in [1.807, 2.05) is 24.3 Å². The lowest BCUT2D eigenvalue weighted by Gasteiger charge is -2.19. The third kappa shape index (κ3) is 3.76. The van der Waals surface area contributed by atoms with Gasteiger partial charge < -0.3 is 14.6 Å². The van der Waals surface area contributed by atoms with Crippen molar-refractivity contribution in [2.45, 2.75) is 19.5 Å². The number of nitrogens with two attached hydrogens (primary N) is 1. The van der Waals surface area contributed by atoms with Gasteiger partial charge in [0.2, 0.25) is 0 Å². The lowest BCUT2D eigenvalue weighted by Crippen LogP contribution is -2.25.